The van der Waals surface area contributed by atoms with Crippen molar-refractivity contribution in [1.29, 1.82) is 0 Å². The van der Waals surface area contributed by atoms with Crippen LogP contribution in [0, 0.1) is 5.82 Å². The molecule has 2 N–H and O–H groups in total. The highest BCUT2D eigenvalue weighted by Gasteiger charge is 2.18. The maximum Gasteiger partial charge on any atom is 0.426 e. The van der Waals surface area contributed by atoms with E-state index >= 15 is 0 Å². The van der Waals surface area contributed by atoms with Crippen LogP contribution in [-0.4, -0.2) is 24.7 Å². The molecule has 0 saturated carbocycles. The maximum absolute atomic E-state index is 13.0. The van der Waals surface area contributed by atoms with Gasteiger partial charge in [0.05, 0.1) is 12.7 Å². The average Bonchev–Trinajstić information content (AvgIpc) is 2.58. The molecule has 7 heteroatoms. The second kappa shape index (κ2) is 7.86. The quantitative estimate of drug-likeness (QED) is 0.819. The van der Waals surface area contributed by atoms with E-state index in [1.165, 1.54) is 19.2 Å². The Balaban J connectivity index is 2.12. The van der Waals surface area contributed by atoms with Crippen LogP contribution in [0.3, 0.4) is 0 Å². The van der Waals surface area contributed by atoms with E-state index in [1.807, 2.05) is 0 Å². The van der Waals surface area contributed by atoms with Crippen LogP contribution in [0.25, 0.3) is 11.1 Å². The highest BCUT2D eigenvalue weighted by atomic mass is 19.1. The van der Waals surface area contributed by atoms with E-state index in [9.17, 15) is 14.0 Å². The predicted molar refractivity (Wildman–Crippen MR) is 95.2 cm³/mol. The van der Waals surface area contributed by atoms with E-state index in [0.717, 1.165) is 11.1 Å². The van der Waals surface area contributed by atoms with E-state index < -0.39 is 17.6 Å². The van der Waals surface area contributed by atoms with Crippen molar-refractivity contribution in [3.63, 3.8) is 0 Å². The van der Waals surface area contributed by atoms with Crippen molar-refractivity contribution in [2.75, 3.05) is 7.11 Å². The highest BCUT2D eigenvalue weighted by Crippen LogP contribution is 2.27. The van der Waals surface area contributed by atoms with Gasteiger partial charge in [0.15, 0.2) is 0 Å². The Labute approximate surface area is 151 Å². The fourth-order valence-corrected chi connectivity index (χ4v) is 2.18. The molecule has 2 aromatic carbocycles. The van der Waals surface area contributed by atoms with Gasteiger partial charge in [0.25, 0.3) is 5.91 Å². The van der Waals surface area contributed by atoms with Crippen LogP contribution in [0.4, 0.5) is 9.18 Å². The Hall–Kier alpha value is -3.09. The lowest BCUT2D eigenvalue weighted by molar-refractivity contribution is 0.0483. The van der Waals surface area contributed by atoms with Crippen molar-refractivity contribution in [2.45, 2.75) is 26.4 Å². The molecule has 2 aromatic rings. The Morgan fingerprint density at radius 3 is 2.15 bits per heavy atom. The molecule has 0 aliphatic rings. The summed E-state index contributed by atoms with van der Waals surface area (Å²) in [5.41, 5.74) is 5.55. The molecule has 2 amide bonds. The first-order chi connectivity index (χ1) is 12.2. The maximum atomic E-state index is 13.0. The lowest BCUT2D eigenvalue weighted by Crippen LogP contribution is -2.44. The van der Waals surface area contributed by atoms with Crippen molar-refractivity contribution in [2.24, 2.45) is 0 Å². The number of nitrogens with one attached hydrogen (secondary N) is 2. The number of carbonyl (C=O) groups is 2. The number of hydrogen-bond donors (Lipinski definition) is 2. The third-order valence-electron chi connectivity index (χ3n) is 3.30. The number of methoxy groups -OCH3 is 1. The van der Waals surface area contributed by atoms with E-state index in [-0.39, 0.29) is 11.4 Å². The molecule has 26 heavy (non-hydrogen) atoms. The number of carbonyl (C=O) groups excluding carboxylic acids is 2. The molecule has 6 nitrogen and oxygen atoms in total. The van der Waals surface area contributed by atoms with Gasteiger partial charge in [-0.3, -0.25) is 10.2 Å². The van der Waals surface area contributed by atoms with Crippen LogP contribution in [0.5, 0.6) is 5.75 Å². The third kappa shape index (κ3) is 5.20. The molecule has 0 bridgehead atoms. The number of hydrogen-bond acceptors (Lipinski definition) is 4. The molecule has 0 aromatic heterocycles. The average molecular weight is 360 g/mol. The summed E-state index contributed by atoms with van der Waals surface area (Å²) < 4.78 is 23.3. The second-order valence-electron chi connectivity index (χ2n) is 6.50. The van der Waals surface area contributed by atoms with Gasteiger partial charge in [0.1, 0.15) is 17.2 Å². The summed E-state index contributed by atoms with van der Waals surface area (Å²) in [6.07, 6.45) is -0.771. The van der Waals surface area contributed by atoms with Crippen LogP contribution < -0.4 is 15.6 Å². The summed E-state index contributed by atoms with van der Waals surface area (Å²) in [7, 11) is 1.43. The molecule has 0 atom stereocenters. The number of halogens is 1. The van der Waals surface area contributed by atoms with Crippen LogP contribution in [-0.2, 0) is 4.74 Å². The Morgan fingerprint density at radius 1 is 0.962 bits per heavy atom. The molecule has 138 valence electrons. The van der Waals surface area contributed by atoms with Crippen molar-refractivity contribution < 1.29 is 23.5 Å². The topological polar surface area (TPSA) is 76.7 Å². The highest BCUT2D eigenvalue weighted by molar-refractivity contribution is 5.98. The van der Waals surface area contributed by atoms with Gasteiger partial charge in [0.2, 0.25) is 0 Å². The monoisotopic (exact) mass is 360 g/mol. The van der Waals surface area contributed by atoms with E-state index in [0.29, 0.717) is 5.75 Å². The van der Waals surface area contributed by atoms with E-state index in [2.05, 4.69) is 10.9 Å². The molecular weight excluding hydrogens is 339 g/mol. The van der Waals surface area contributed by atoms with Crippen molar-refractivity contribution in [3.8, 4) is 16.9 Å². The normalized spacial score (nSPS) is 10.8. The van der Waals surface area contributed by atoms with E-state index in [1.54, 1.807) is 51.1 Å². The second-order valence-corrected chi connectivity index (χ2v) is 6.50. The van der Waals surface area contributed by atoms with E-state index in [4.69, 9.17) is 9.47 Å². The summed E-state index contributed by atoms with van der Waals surface area (Å²) >= 11 is 0. The minimum atomic E-state index is -0.771. The fraction of sp³-hybridized carbons (Fsp3) is 0.263. The fourth-order valence-electron chi connectivity index (χ4n) is 2.18. The van der Waals surface area contributed by atoms with Crippen molar-refractivity contribution >= 4 is 12.0 Å². The summed E-state index contributed by atoms with van der Waals surface area (Å²) in [4.78, 5) is 23.9. The smallest absolute Gasteiger partial charge is 0.426 e. The first kappa shape index (κ1) is 19.2. The van der Waals surface area contributed by atoms with Gasteiger partial charge in [-0.15, -0.1) is 0 Å². The number of rotatable bonds is 3. The third-order valence-corrected chi connectivity index (χ3v) is 3.30. The Morgan fingerprint density at radius 2 is 1.58 bits per heavy atom. The summed E-state index contributed by atoms with van der Waals surface area (Å²) in [5, 5.41) is 0. The zero-order valence-corrected chi connectivity index (χ0v) is 15.1. The minimum absolute atomic E-state index is 0.231. The molecular formula is C19H21FN2O4. The molecule has 0 unspecified atom stereocenters. The van der Waals surface area contributed by atoms with Gasteiger partial charge in [-0.05, 0) is 56.2 Å². The Bertz CT molecular complexity index is 798. The van der Waals surface area contributed by atoms with Crippen molar-refractivity contribution in [1.82, 2.24) is 10.9 Å². The van der Waals surface area contributed by atoms with Crippen LogP contribution in [0.15, 0.2) is 42.5 Å². The standard InChI is InChI=1S/C19H21FN2O4/c1-19(2,3)26-18(24)22-21-17(23)15-10-7-13(11-16(15)25-4)12-5-8-14(20)9-6-12/h5-11H,1-4H3,(H,21,23)(H,22,24). The minimum Gasteiger partial charge on any atom is -0.496 e. The van der Waals surface area contributed by atoms with Gasteiger partial charge in [-0.25, -0.2) is 14.6 Å². The first-order valence-electron chi connectivity index (χ1n) is 7.93. The molecule has 0 fully saturated rings. The lowest BCUT2D eigenvalue weighted by Gasteiger charge is -2.20. The van der Waals surface area contributed by atoms with Crippen LogP contribution in [0.1, 0.15) is 31.1 Å². The summed E-state index contributed by atoms with van der Waals surface area (Å²) in [5.74, 6) is -0.571. The summed E-state index contributed by atoms with van der Waals surface area (Å²) in [6, 6.07) is 10.9. The number of hydrazine groups is 1. The predicted octanol–water partition coefficient (Wildman–Crippen LogP) is 3.67. The molecule has 0 saturated heterocycles. The number of benzene rings is 2. The molecule has 2 rings (SSSR count). The van der Waals surface area contributed by atoms with Gasteiger partial charge >= 0.3 is 6.09 Å². The van der Waals surface area contributed by atoms with Gasteiger partial charge in [-0.1, -0.05) is 18.2 Å². The number of amides is 2. The van der Waals surface area contributed by atoms with Gasteiger partial charge in [-0.2, -0.15) is 0 Å². The zero-order chi connectivity index (χ0) is 19.3. The molecule has 0 heterocycles. The zero-order valence-electron chi connectivity index (χ0n) is 15.1. The number of ether oxygens (including phenoxy) is 2. The van der Waals surface area contributed by atoms with Gasteiger partial charge in [0, 0.05) is 0 Å². The summed E-state index contributed by atoms with van der Waals surface area (Å²) in [6.45, 7) is 5.14. The first-order valence-corrected chi connectivity index (χ1v) is 7.93. The van der Waals surface area contributed by atoms with Crippen molar-refractivity contribution in [3.05, 3.63) is 53.8 Å². The molecule has 0 radical (unpaired) electrons. The van der Waals surface area contributed by atoms with Crippen LogP contribution in [0.2, 0.25) is 0 Å². The molecule has 0 spiro atoms. The largest absolute Gasteiger partial charge is 0.496 e. The SMILES string of the molecule is COc1cc(-c2ccc(F)cc2)ccc1C(=O)NNC(=O)OC(C)(C)C. The lowest BCUT2D eigenvalue weighted by atomic mass is 10.0. The molecule has 0 aliphatic carbocycles. The Kier molecular flexibility index (Phi) is 5.82. The molecule has 0 aliphatic heterocycles. The van der Waals surface area contributed by atoms with Crippen LogP contribution >= 0.6 is 0 Å². The van der Waals surface area contributed by atoms with Gasteiger partial charge < -0.3 is 9.47 Å².